The second-order valence-electron chi connectivity index (χ2n) is 12.3. The molecule has 1 fully saturated rings. The maximum absolute atomic E-state index is 14.5. The van der Waals surface area contributed by atoms with Gasteiger partial charge in [-0.2, -0.15) is 0 Å². The minimum absolute atomic E-state index is 0.0788. The lowest BCUT2D eigenvalue weighted by Gasteiger charge is -2.44. The molecule has 0 radical (unpaired) electrons. The molecular formula is C36H34O14. The zero-order chi connectivity index (χ0) is 35.8. The Labute approximate surface area is 284 Å². The first-order chi connectivity index (χ1) is 24.0. The minimum Gasteiger partial charge on any atom is -0.506 e. The van der Waals surface area contributed by atoms with Gasteiger partial charge in [0.25, 0.3) is 0 Å². The van der Waals surface area contributed by atoms with Crippen LogP contribution in [0.5, 0.6) is 23.0 Å². The molecule has 14 nitrogen and oxygen atoms in total. The summed E-state index contributed by atoms with van der Waals surface area (Å²) in [5.74, 6) is -3.37. The summed E-state index contributed by atoms with van der Waals surface area (Å²) in [7, 11) is 7.19. The van der Waals surface area contributed by atoms with Gasteiger partial charge in [-0.25, -0.2) is 4.79 Å². The summed E-state index contributed by atoms with van der Waals surface area (Å²) in [6, 6.07) is 5.85. The van der Waals surface area contributed by atoms with Gasteiger partial charge in [-0.1, -0.05) is 0 Å². The minimum atomic E-state index is -1.12. The number of benzene rings is 3. The Bertz CT molecular complexity index is 2170. The van der Waals surface area contributed by atoms with Crippen LogP contribution in [-0.2, 0) is 30.1 Å². The third-order valence-electron chi connectivity index (χ3n) is 9.59. The highest BCUT2D eigenvalue weighted by atomic mass is 16.7. The van der Waals surface area contributed by atoms with Gasteiger partial charge in [0.2, 0.25) is 23.3 Å². The van der Waals surface area contributed by atoms with Crippen molar-refractivity contribution in [3.05, 3.63) is 68.1 Å². The monoisotopic (exact) mass is 690 g/mol. The first-order valence-electron chi connectivity index (χ1n) is 15.8. The molecule has 1 N–H and O–H groups in total. The highest BCUT2D eigenvalue weighted by Gasteiger charge is 2.48. The van der Waals surface area contributed by atoms with Crippen LogP contribution in [0.2, 0.25) is 0 Å². The van der Waals surface area contributed by atoms with Crippen molar-refractivity contribution in [3.8, 4) is 23.0 Å². The van der Waals surface area contributed by atoms with E-state index in [1.165, 1.54) is 59.8 Å². The lowest BCUT2D eigenvalue weighted by Crippen LogP contribution is -2.60. The number of carbonyl (C=O) groups is 3. The zero-order valence-corrected chi connectivity index (χ0v) is 28.2. The first kappa shape index (κ1) is 33.5. The number of aromatic hydroxyl groups is 1. The Morgan fingerprint density at radius 3 is 2.10 bits per heavy atom. The number of phenolic OH excluding ortho intramolecular Hbond substituents is 1. The van der Waals surface area contributed by atoms with Gasteiger partial charge in [-0.3, -0.25) is 14.4 Å². The van der Waals surface area contributed by atoms with Crippen LogP contribution in [0, 0.1) is 0 Å². The van der Waals surface area contributed by atoms with Gasteiger partial charge in [0, 0.05) is 55.2 Å². The average Bonchev–Trinajstić information content (AvgIpc) is 3.10. The van der Waals surface area contributed by atoms with Crippen molar-refractivity contribution >= 4 is 39.3 Å². The fraction of sp³-hybridized carbons (Fsp3) is 0.389. The van der Waals surface area contributed by atoms with E-state index in [0.717, 1.165) is 0 Å². The van der Waals surface area contributed by atoms with E-state index >= 15 is 0 Å². The molecule has 3 heterocycles. The maximum Gasteiger partial charge on any atom is 0.342 e. The number of hydrogen-bond donors (Lipinski definition) is 1. The highest BCUT2D eigenvalue weighted by molar-refractivity contribution is 6.33. The Kier molecular flexibility index (Phi) is 8.29. The molecule has 1 saturated heterocycles. The average molecular weight is 691 g/mol. The third kappa shape index (κ3) is 4.70. The molecule has 14 heteroatoms. The summed E-state index contributed by atoms with van der Waals surface area (Å²) >= 11 is 0. The van der Waals surface area contributed by atoms with Gasteiger partial charge in [-0.05, 0) is 38.1 Å². The SMILES string of the molecule is COc1ccc(OC)c2c(=O)c3c(oc12)C(=O)c1ccc2c(O[C@@H]4O[C@H](C)[C@@H](OC)[C@H](OC)[C@H]4OC)c4c(c(O)c2c1C3=O)C(=O)O[C@@H](C)C4. The van der Waals surface area contributed by atoms with E-state index in [1.807, 2.05) is 0 Å². The molecular weight excluding hydrogens is 656 g/mol. The van der Waals surface area contributed by atoms with E-state index in [4.69, 9.17) is 42.3 Å². The van der Waals surface area contributed by atoms with Crippen molar-refractivity contribution in [3.63, 3.8) is 0 Å². The zero-order valence-electron chi connectivity index (χ0n) is 28.2. The number of ketones is 2. The van der Waals surface area contributed by atoms with E-state index in [1.54, 1.807) is 13.8 Å². The summed E-state index contributed by atoms with van der Waals surface area (Å²) in [5.41, 5.74) is -1.93. The van der Waals surface area contributed by atoms with Crippen molar-refractivity contribution < 1.29 is 61.8 Å². The molecule has 1 aromatic heterocycles. The van der Waals surface area contributed by atoms with Gasteiger partial charge < -0.3 is 47.4 Å². The number of carbonyl (C=O) groups excluding carboxylic acids is 3. The molecule has 2 aliphatic heterocycles. The molecule has 0 bridgehead atoms. The summed E-state index contributed by atoms with van der Waals surface area (Å²) in [5, 5.41) is 11.7. The van der Waals surface area contributed by atoms with Crippen LogP contribution >= 0.6 is 0 Å². The smallest absolute Gasteiger partial charge is 0.342 e. The topological polar surface area (TPSA) is 175 Å². The van der Waals surface area contributed by atoms with Crippen LogP contribution in [0.3, 0.4) is 0 Å². The molecule has 6 atom stereocenters. The molecule has 3 aromatic carbocycles. The van der Waals surface area contributed by atoms with Crippen LogP contribution in [0.4, 0.5) is 0 Å². The Balaban J connectivity index is 1.49. The molecule has 0 spiro atoms. The highest BCUT2D eigenvalue weighted by Crippen LogP contribution is 2.48. The predicted molar refractivity (Wildman–Crippen MR) is 174 cm³/mol. The Morgan fingerprint density at radius 2 is 1.44 bits per heavy atom. The fourth-order valence-corrected chi connectivity index (χ4v) is 7.34. The summed E-state index contributed by atoms with van der Waals surface area (Å²) in [4.78, 5) is 56.1. The van der Waals surface area contributed by atoms with Crippen molar-refractivity contribution in [1.29, 1.82) is 0 Å². The van der Waals surface area contributed by atoms with Crippen LogP contribution in [0.15, 0.2) is 33.5 Å². The van der Waals surface area contributed by atoms with Crippen LogP contribution < -0.4 is 19.6 Å². The van der Waals surface area contributed by atoms with Crippen LogP contribution in [0.25, 0.3) is 21.7 Å². The quantitative estimate of drug-likeness (QED) is 0.245. The van der Waals surface area contributed by atoms with E-state index in [0.29, 0.717) is 5.56 Å². The number of methoxy groups -OCH3 is 5. The summed E-state index contributed by atoms with van der Waals surface area (Å²) in [6.45, 7) is 3.47. The molecule has 1 aliphatic carbocycles. The number of fused-ring (bicyclic) bond motifs is 6. The number of phenols is 1. The van der Waals surface area contributed by atoms with Crippen molar-refractivity contribution in [2.45, 2.75) is 57.1 Å². The van der Waals surface area contributed by atoms with E-state index in [-0.39, 0.29) is 62.1 Å². The maximum atomic E-state index is 14.5. The molecule has 4 aromatic rings. The Morgan fingerprint density at radius 1 is 0.760 bits per heavy atom. The van der Waals surface area contributed by atoms with Crippen molar-refractivity contribution in [2.75, 3.05) is 35.5 Å². The number of cyclic esters (lactones) is 1. The second-order valence-corrected chi connectivity index (χ2v) is 12.3. The van der Waals surface area contributed by atoms with E-state index in [2.05, 4.69) is 0 Å². The molecule has 50 heavy (non-hydrogen) atoms. The van der Waals surface area contributed by atoms with E-state index < -0.39 is 76.8 Å². The fourth-order valence-electron chi connectivity index (χ4n) is 7.34. The molecule has 7 rings (SSSR count). The predicted octanol–water partition coefficient (Wildman–Crippen LogP) is 3.71. The lowest BCUT2D eigenvalue weighted by atomic mass is 9.81. The number of esters is 1. The number of rotatable bonds is 7. The third-order valence-corrected chi connectivity index (χ3v) is 9.59. The van der Waals surface area contributed by atoms with Gasteiger partial charge in [-0.15, -0.1) is 0 Å². The molecule has 3 aliphatic rings. The second kappa shape index (κ2) is 12.4. The summed E-state index contributed by atoms with van der Waals surface area (Å²) < 4.78 is 52.1. The largest absolute Gasteiger partial charge is 0.506 e. The van der Waals surface area contributed by atoms with E-state index in [9.17, 15) is 24.3 Å². The number of hydrogen-bond acceptors (Lipinski definition) is 14. The number of ether oxygens (including phenoxy) is 8. The summed E-state index contributed by atoms with van der Waals surface area (Å²) in [6.07, 6.45) is -4.08. The van der Waals surface area contributed by atoms with Crippen LogP contribution in [-0.4, -0.2) is 95.0 Å². The van der Waals surface area contributed by atoms with Crippen LogP contribution in [0.1, 0.15) is 61.8 Å². The Hall–Kier alpha value is -5.02. The molecule has 0 amide bonds. The van der Waals surface area contributed by atoms with Gasteiger partial charge in [0.05, 0.1) is 20.3 Å². The van der Waals surface area contributed by atoms with Crippen molar-refractivity contribution in [2.24, 2.45) is 0 Å². The standard InChI is InChI=1S/C36H34O14/c1-13-12-17-22(35(41)47-13)26(38)21-16(30(17)50-36-34(46-7)33(45-6)29(44-5)14(2)48-36)9-8-15-20(21)27(39)24-28(40)23-18(42-3)10-11-19(43-4)31(23)49-32(24)25(15)37/h8-11,13-14,29,33-34,36,38H,12H2,1-7H3/t13-,14+,29+,33-,34+,36-/m0/s1. The van der Waals surface area contributed by atoms with Gasteiger partial charge >= 0.3 is 5.97 Å². The van der Waals surface area contributed by atoms with Gasteiger partial charge in [0.1, 0.15) is 58.2 Å². The van der Waals surface area contributed by atoms with Crippen molar-refractivity contribution in [1.82, 2.24) is 0 Å². The first-order valence-corrected chi connectivity index (χ1v) is 15.8. The molecule has 0 saturated carbocycles. The molecule has 262 valence electrons. The molecule has 0 unspecified atom stereocenters. The normalized spacial score (nSPS) is 24.4. The van der Waals surface area contributed by atoms with Gasteiger partial charge in [0.15, 0.2) is 17.1 Å². The lowest BCUT2D eigenvalue weighted by molar-refractivity contribution is -0.282.